The zero-order chi connectivity index (χ0) is 18.3. The predicted octanol–water partition coefficient (Wildman–Crippen LogP) is 4.32. The van der Waals surface area contributed by atoms with Gasteiger partial charge < -0.3 is 9.22 Å². The Kier molecular flexibility index (Phi) is 6.74. The van der Waals surface area contributed by atoms with Crippen molar-refractivity contribution in [3.8, 4) is 0 Å². The fraction of sp³-hybridized carbons (Fsp3) is 0.409. The number of unbranched alkanes of at least 4 members (excludes halogenated alkanes) is 1. The molecule has 1 unspecified atom stereocenters. The first kappa shape index (κ1) is 19.6. The molecule has 25 heavy (non-hydrogen) atoms. The lowest BCUT2D eigenvalue weighted by Gasteiger charge is -2.44. The van der Waals surface area contributed by atoms with Crippen LogP contribution in [0.3, 0.4) is 0 Å². The smallest absolute Gasteiger partial charge is 0.261 e. The Hall–Kier alpha value is -1.71. The maximum Gasteiger partial charge on any atom is 0.261 e. The minimum atomic E-state index is -2.46. The number of carbonyl (C=O) groups excluding carboxylic acids is 1. The van der Waals surface area contributed by atoms with Crippen molar-refractivity contribution < 1.29 is 9.22 Å². The summed E-state index contributed by atoms with van der Waals surface area (Å²) in [4.78, 5) is 10.6. The first-order valence-electron chi connectivity index (χ1n) is 9.14. The molecule has 0 saturated heterocycles. The highest BCUT2D eigenvalue weighted by molar-refractivity contribution is 6.99. The molecule has 0 amide bonds. The highest BCUT2D eigenvalue weighted by Crippen LogP contribution is 2.37. The predicted molar refractivity (Wildman–Crippen MR) is 108 cm³/mol. The third kappa shape index (κ3) is 4.47. The van der Waals surface area contributed by atoms with Gasteiger partial charge in [0.1, 0.15) is 6.29 Å². The Bertz CT molecular complexity index is 607. The molecule has 0 N–H and O–H groups in total. The van der Waals surface area contributed by atoms with Gasteiger partial charge in [-0.15, -0.1) is 0 Å². The maximum atomic E-state index is 10.6. The fourth-order valence-electron chi connectivity index (χ4n) is 3.54. The van der Waals surface area contributed by atoms with E-state index in [0.717, 1.165) is 19.1 Å². The summed E-state index contributed by atoms with van der Waals surface area (Å²) in [6, 6.07) is 21.4. The minimum absolute atomic E-state index is 0.00533. The van der Waals surface area contributed by atoms with E-state index >= 15 is 0 Å². The van der Waals surface area contributed by atoms with Crippen molar-refractivity contribution in [1.82, 2.24) is 0 Å². The molecule has 0 spiro atoms. The van der Waals surface area contributed by atoms with Crippen molar-refractivity contribution in [2.75, 3.05) is 0 Å². The van der Waals surface area contributed by atoms with E-state index in [0.29, 0.717) is 6.42 Å². The van der Waals surface area contributed by atoms with E-state index < -0.39 is 8.32 Å². The van der Waals surface area contributed by atoms with Gasteiger partial charge in [-0.25, -0.2) is 0 Å². The van der Waals surface area contributed by atoms with Crippen molar-refractivity contribution in [2.45, 2.75) is 58.1 Å². The van der Waals surface area contributed by atoms with Crippen LogP contribution in [0, 0.1) is 0 Å². The number of hydrogen-bond donors (Lipinski definition) is 0. The standard InChI is InChI=1S/C22H30O2Si/c1-19(13-11-12-18-23)24-25(22(2,3)4,20-14-7-5-8-15-20)21-16-9-6-10-17-21/h5-10,14-19H,11-13H2,1-4H3. The van der Waals surface area contributed by atoms with Gasteiger partial charge in [0.15, 0.2) is 0 Å². The highest BCUT2D eigenvalue weighted by atomic mass is 28.4. The number of benzene rings is 2. The third-order valence-corrected chi connectivity index (χ3v) is 9.89. The van der Waals surface area contributed by atoms with E-state index in [9.17, 15) is 4.79 Å². The largest absolute Gasteiger partial charge is 0.405 e. The van der Waals surface area contributed by atoms with Gasteiger partial charge in [-0.05, 0) is 35.2 Å². The lowest BCUT2D eigenvalue weighted by atomic mass is 10.2. The first-order valence-corrected chi connectivity index (χ1v) is 11.0. The Balaban J connectivity index is 2.51. The van der Waals surface area contributed by atoms with Gasteiger partial charge in [0, 0.05) is 12.5 Å². The lowest BCUT2D eigenvalue weighted by molar-refractivity contribution is -0.108. The van der Waals surface area contributed by atoms with Gasteiger partial charge in [0.05, 0.1) is 0 Å². The molecule has 2 aromatic rings. The zero-order valence-corrected chi connectivity index (χ0v) is 16.9. The molecular weight excluding hydrogens is 324 g/mol. The number of aldehydes is 1. The van der Waals surface area contributed by atoms with Crippen LogP contribution in [0.2, 0.25) is 5.04 Å². The monoisotopic (exact) mass is 354 g/mol. The molecule has 1 atom stereocenters. The summed E-state index contributed by atoms with van der Waals surface area (Å²) in [6.45, 7) is 9.01. The third-order valence-electron chi connectivity index (χ3n) is 4.73. The molecule has 0 bridgehead atoms. The van der Waals surface area contributed by atoms with Crippen LogP contribution >= 0.6 is 0 Å². The Morgan fingerprint density at radius 1 is 0.960 bits per heavy atom. The molecule has 3 heteroatoms. The lowest BCUT2D eigenvalue weighted by Crippen LogP contribution is -2.67. The van der Waals surface area contributed by atoms with Crippen LogP contribution in [0.4, 0.5) is 0 Å². The molecule has 2 rings (SSSR count). The molecule has 0 aliphatic rings. The fourth-order valence-corrected chi connectivity index (χ4v) is 8.28. The van der Waals surface area contributed by atoms with Crippen molar-refractivity contribution in [3.05, 3.63) is 60.7 Å². The molecule has 0 saturated carbocycles. The molecule has 0 fully saturated rings. The van der Waals surface area contributed by atoms with E-state index in [4.69, 9.17) is 4.43 Å². The van der Waals surface area contributed by atoms with Crippen molar-refractivity contribution in [1.29, 1.82) is 0 Å². The topological polar surface area (TPSA) is 26.3 Å². The molecule has 0 radical (unpaired) electrons. The summed E-state index contributed by atoms with van der Waals surface area (Å²) in [5.41, 5.74) is 0. The van der Waals surface area contributed by atoms with Crippen LogP contribution in [0.5, 0.6) is 0 Å². The second-order valence-electron chi connectivity index (χ2n) is 7.69. The summed E-state index contributed by atoms with van der Waals surface area (Å²) < 4.78 is 6.94. The molecule has 0 aromatic heterocycles. The van der Waals surface area contributed by atoms with Crippen LogP contribution in [0.25, 0.3) is 0 Å². The van der Waals surface area contributed by atoms with E-state index in [1.165, 1.54) is 10.4 Å². The van der Waals surface area contributed by atoms with Gasteiger partial charge in [0.2, 0.25) is 0 Å². The van der Waals surface area contributed by atoms with Crippen LogP contribution in [-0.4, -0.2) is 20.7 Å². The zero-order valence-electron chi connectivity index (χ0n) is 15.9. The quantitative estimate of drug-likeness (QED) is 0.401. The minimum Gasteiger partial charge on any atom is -0.405 e. The SMILES string of the molecule is CC(CCCC=O)O[Si](c1ccccc1)(c1ccccc1)C(C)(C)C. The average Bonchev–Trinajstić information content (AvgIpc) is 2.60. The van der Waals surface area contributed by atoms with E-state index in [-0.39, 0.29) is 11.1 Å². The number of rotatable bonds is 8. The number of carbonyl (C=O) groups is 1. The van der Waals surface area contributed by atoms with Gasteiger partial charge >= 0.3 is 0 Å². The average molecular weight is 355 g/mol. The molecule has 0 aliphatic heterocycles. The first-order chi connectivity index (χ1) is 11.9. The highest BCUT2D eigenvalue weighted by Gasteiger charge is 2.50. The van der Waals surface area contributed by atoms with Crippen LogP contribution < -0.4 is 10.4 Å². The van der Waals surface area contributed by atoms with Gasteiger partial charge in [-0.3, -0.25) is 0 Å². The molecular formula is C22H30O2Si. The van der Waals surface area contributed by atoms with Crippen molar-refractivity contribution in [2.24, 2.45) is 0 Å². The second kappa shape index (κ2) is 8.59. The summed E-state index contributed by atoms with van der Waals surface area (Å²) in [6.07, 6.45) is 3.50. The van der Waals surface area contributed by atoms with Crippen LogP contribution in [0.15, 0.2) is 60.7 Å². The van der Waals surface area contributed by atoms with Crippen molar-refractivity contribution >= 4 is 25.0 Å². The summed E-state index contributed by atoms with van der Waals surface area (Å²) in [5, 5.41) is 2.60. The van der Waals surface area contributed by atoms with Crippen molar-refractivity contribution in [3.63, 3.8) is 0 Å². The Morgan fingerprint density at radius 3 is 1.84 bits per heavy atom. The molecule has 2 nitrogen and oxygen atoms in total. The maximum absolute atomic E-state index is 10.6. The molecule has 134 valence electrons. The normalized spacial score (nSPS) is 13.4. The van der Waals surface area contributed by atoms with Gasteiger partial charge in [0.25, 0.3) is 8.32 Å². The Labute approximate surface area is 153 Å². The van der Waals surface area contributed by atoms with E-state index in [1.54, 1.807) is 0 Å². The molecule has 0 heterocycles. The van der Waals surface area contributed by atoms with Crippen LogP contribution in [-0.2, 0) is 9.22 Å². The van der Waals surface area contributed by atoms with Gasteiger partial charge in [-0.2, -0.15) is 0 Å². The summed E-state index contributed by atoms with van der Waals surface area (Å²) >= 11 is 0. The molecule has 0 aliphatic carbocycles. The second-order valence-corrected chi connectivity index (χ2v) is 11.9. The van der Waals surface area contributed by atoms with Crippen LogP contribution in [0.1, 0.15) is 47.0 Å². The summed E-state index contributed by atoms with van der Waals surface area (Å²) in [7, 11) is -2.46. The summed E-state index contributed by atoms with van der Waals surface area (Å²) in [5.74, 6) is 0. The number of hydrogen-bond acceptors (Lipinski definition) is 2. The van der Waals surface area contributed by atoms with Gasteiger partial charge in [-0.1, -0.05) is 81.4 Å². The Morgan fingerprint density at radius 2 is 1.44 bits per heavy atom. The van der Waals surface area contributed by atoms with E-state index in [1.807, 2.05) is 0 Å². The molecule has 2 aromatic carbocycles. The van der Waals surface area contributed by atoms with E-state index in [2.05, 4.69) is 88.4 Å².